The fourth-order valence-corrected chi connectivity index (χ4v) is 3.73. The van der Waals surface area contributed by atoms with Crippen LogP contribution in [0, 0.1) is 0 Å². The van der Waals surface area contributed by atoms with E-state index in [9.17, 15) is 4.79 Å². The van der Waals surface area contributed by atoms with E-state index in [1.807, 2.05) is 16.3 Å². The Hall–Kier alpha value is -0.690. The summed E-state index contributed by atoms with van der Waals surface area (Å²) < 4.78 is 1.97. The third-order valence-electron chi connectivity index (χ3n) is 2.58. The third-order valence-corrected chi connectivity index (χ3v) is 4.93. The molecule has 1 N–H and O–H groups in total. The summed E-state index contributed by atoms with van der Waals surface area (Å²) in [6.07, 6.45) is 5.52. The van der Waals surface area contributed by atoms with E-state index in [2.05, 4.69) is 10.2 Å². The second-order valence-corrected chi connectivity index (χ2v) is 6.29. The predicted octanol–water partition coefficient (Wildman–Crippen LogP) is 1.74. The van der Waals surface area contributed by atoms with Gasteiger partial charge < -0.3 is 9.67 Å². The van der Waals surface area contributed by atoms with Crippen LogP contribution in [0.3, 0.4) is 0 Å². The zero-order valence-electron chi connectivity index (χ0n) is 9.41. The Kier molecular flexibility index (Phi) is 4.73. The van der Waals surface area contributed by atoms with Gasteiger partial charge >= 0.3 is 5.97 Å². The first-order chi connectivity index (χ1) is 8.25. The molecule has 7 heteroatoms. The summed E-state index contributed by atoms with van der Waals surface area (Å²) in [5.74, 6) is 0.442. The molecule has 1 aliphatic heterocycles. The van der Waals surface area contributed by atoms with Gasteiger partial charge in [0.1, 0.15) is 6.33 Å². The largest absolute Gasteiger partial charge is 0.481 e. The Bertz CT molecular complexity index is 377. The average molecular weight is 273 g/mol. The quantitative estimate of drug-likeness (QED) is 0.824. The van der Waals surface area contributed by atoms with Crippen molar-refractivity contribution in [2.24, 2.45) is 0 Å². The highest BCUT2D eigenvalue weighted by atomic mass is 32.2. The van der Waals surface area contributed by atoms with E-state index >= 15 is 0 Å². The molecule has 0 spiro atoms. The van der Waals surface area contributed by atoms with Gasteiger partial charge in [0, 0.05) is 11.8 Å². The minimum absolute atomic E-state index is 0.0382. The molecule has 1 aromatic rings. The minimum Gasteiger partial charge on any atom is -0.481 e. The van der Waals surface area contributed by atoms with Gasteiger partial charge in [0.25, 0.3) is 0 Å². The van der Waals surface area contributed by atoms with Crippen molar-refractivity contribution in [3.05, 3.63) is 6.33 Å². The molecule has 0 amide bonds. The summed E-state index contributed by atoms with van der Waals surface area (Å²) in [5.41, 5.74) is 0. The van der Waals surface area contributed by atoms with E-state index in [1.54, 1.807) is 6.33 Å². The van der Waals surface area contributed by atoms with Crippen LogP contribution < -0.4 is 0 Å². The van der Waals surface area contributed by atoms with Crippen molar-refractivity contribution < 1.29 is 9.90 Å². The number of carboxylic acids is 1. The lowest BCUT2D eigenvalue weighted by molar-refractivity contribution is -0.133. The molecule has 1 fully saturated rings. The molecule has 2 rings (SSSR count). The van der Waals surface area contributed by atoms with Crippen molar-refractivity contribution >= 4 is 29.5 Å². The number of carboxylic acid groups (broad SMARTS) is 1. The molecule has 0 aromatic carbocycles. The number of thioether (sulfide) groups is 2. The van der Waals surface area contributed by atoms with E-state index < -0.39 is 5.97 Å². The molecule has 1 unspecified atom stereocenters. The second-order valence-electron chi connectivity index (χ2n) is 3.94. The van der Waals surface area contributed by atoms with Crippen molar-refractivity contribution in [2.75, 3.05) is 11.5 Å². The van der Waals surface area contributed by atoms with E-state index in [4.69, 9.17) is 5.11 Å². The van der Waals surface area contributed by atoms with Gasteiger partial charge in [0.05, 0.1) is 5.75 Å². The van der Waals surface area contributed by atoms with Gasteiger partial charge in [0.2, 0.25) is 0 Å². The molecule has 1 aromatic heterocycles. The molecule has 17 heavy (non-hydrogen) atoms. The molecule has 0 saturated carbocycles. The van der Waals surface area contributed by atoms with Crippen LogP contribution in [0.2, 0.25) is 0 Å². The maximum atomic E-state index is 10.5. The van der Waals surface area contributed by atoms with E-state index in [0.717, 1.165) is 6.54 Å². The first kappa shape index (κ1) is 12.8. The molecule has 0 aliphatic carbocycles. The zero-order valence-corrected chi connectivity index (χ0v) is 11.0. The third kappa shape index (κ3) is 3.92. The molecule has 5 nitrogen and oxygen atoms in total. The maximum absolute atomic E-state index is 10.5. The van der Waals surface area contributed by atoms with Gasteiger partial charge in [0.15, 0.2) is 5.16 Å². The lowest BCUT2D eigenvalue weighted by atomic mass is 10.2. The zero-order chi connectivity index (χ0) is 12.1. The number of carbonyl (C=O) groups is 1. The van der Waals surface area contributed by atoms with Crippen LogP contribution >= 0.6 is 23.5 Å². The molecule has 1 saturated heterocycles. The van der Waals surface area contributed by atoms with Crippen molar-refractivity contribution in [3.63, 3.8) is 0 Å². The monoisotopic (exact) mass is 273 g/mol. The lowest BCUT2D eigenvalue weighted by Gasteiger charge is -2.21. The Morgan fingerprint density at radius 2 is 2.53 bits per heavy atom. The van der Waals surface area contributed by atoms with Crippen molar-refractivity contribution in [2.45, 2.75) is 36.2 Å². The van der Waals surface area contributed by atoms with E-state index in [-0.39, 0.29) is 5.75 Å². The van der Waals surface area contributed by atoms with E-state index in [1.165, 1.54) is 36.8 Å². The molecule has 1 aliphatic rings. The van der Waals surface area contributed by atoms with Gasteiger partial charge in [-0.2, -0.15) is 11.8 Å². The van der Waals surface area contributed by atoms with Crippen LogP contribution in [-0.2, 0) is 11.3 Å². The highest BCUT2D eigenvalue weighted by molar-refractivity contribution is 8.00. The van der Waals surface area contributed by atoms with Gasteiger partial charge in [-0.15, -0.1) is 10.2 Å². The summed E-state index contributed by atoms with van der Waals surface area (Å²) in [5, 5.41) is 17.8. The number of hydrogen-bond acceptors (Lipinski definition) is 5. The van der Waals surface area contributed by atoms with Crippen molar-refractivity contribution in [3.8, 4) is 0 Å². The average Bonchev–Trinajstić information content (AvgIpc) is 2.75. The molecule has 0 bridgehead atoms. The minimum atomic E-state index is -0.823. The summed E-state index contributed by atoms with van der Waals surface area (Å²) >= 11 is 3.22. The topological polar surface area (TPSA) is 68.0 Å². The molecule has 94 valence electrons. The summed E-state index contributed by atoms with van der Waals surface area (Å²) in [6, 6.07) is 0. The van der Waals surface area contributed by atoms with Crippen LogP contribution in [0.5, 0.6) is 0 Å². The number of aliphatic carboxylic acids is 1. The summed E-state index contributed by atoms with van der Waals surface area (Å²) in [4.78, 5) is 10.5. The first-order valence-corrected chi connectivity index (χ1v) is 7.63. The van der Waals surface area contributed by atoms with Crippen LogP contribution in [-0.4, -0.2) is 42.6 Å². The number of aromatic nitrogens is 3. The van der Waals surface area contributed by atoms with Crippen LogP contribution in [0.4, 0.5) is 0 Å². The predicted molar refractivity (Wildman–Crippen MR) is 68.5 cm³/mol. The summed E-state index contributed by atoms with van der Waals surface area (Å²) in [7, 11) is 0. The van der Waals surface area contributed by atoms with Crippen molar-refractivity contribution in [1.29, 1.82) is 0 Å². The van der Waals surface area contributed by atoms with Gasteiger partial charge in [-0.05, 0) is 18.6 Å². The SMILES string of the molecule is O=C(O)CSc1nncn1CC1CCCCS1. The molecule has 2 heterocycles. The van der Waals surface area contributed by atoms with Crippen LogP contribution in [0.1, 0.15) is 19.3 Å². The molecular formula is C10H15N3O2S2. The first-order valence-electron chi connectivity index (χ1n) is 5.59. The number of hydrogen-bond donors (Lipinski definition) is 1. The number of nitrogens with zero attached hydrogens (tertiary/aromatic N) is 3. The smallest absolute Gasteiger partial charge is 0.313 e. The Balaban J connectivity index is 1.91. The van der Waals surface area contributed by atoms with Crippen molar-refractivity contribution in [1.82, 2.24) is 14.8 Å². The lowest BCUT2D eigenvalue weighted by Crippen LogP contribution is -2.17. The van der Waals surface area contributed by atoms with Crippen LogP contribution in [0.25, 0.3) is 0 Å². The second kappa shape index (κ2) is 6.30. The van der Waals surface area contributed by atoms with Gasteiger partial charge in [-0.25, -0.2) is 0 Å². The highest BCUT2D eigenvalue weighted by Gasteiger charge is 2.16. The van der Waals surface area contributed by atoms with Gasteiger partial charge in [-0.1, -0.05) is 18.2 Å². The highest BCUT2D eigenvalue weighted by Crippen LogP contribution is 2.27. The Morgan fingerprint density at radius 3 is 3.24 bits per heavy atom. The maximum Gasteiger partial charge on any atom is 0.313 e. The normalized spacial score (nSPS) is 20.4. The molecular weight excluding hydrogens is 258 g/mol. The standard InChI is InChI=1S/C10H15N3O2S2/c14-9(15)6-17-10-12-11-7-13(10)5-8-3-1-2-4-16-8/h7-8H,1-6H2,(H,14,15). The Labute approximate surface area is 108 Å². The van der Waals surface area contributed by atoms with Crippen LogP contribution in [0.15, 0.2) is 11.5 Å². The van der Waals surface area contributed by atoms with Gasteiger partial charge in [-0.3, -0.25) is 4.79 Å². The summed E-state index contributed by atoms with van der Waals surface area (Å²) in [6.45, 7) is 0.889. The van der Waals surface area contributed by atoms with E-state index in [0.29, 0.717) is 10.4 Å². The Morgan fingerprint density at radius 1 is 1.65 bits per heavy atom. The molecule has 0 radical (unpaired) electrons. The molecule has 1 atom stereocenters. The number of rotatable bonds is 5. The fraction of sp³-hybridized carbons (Fsp3) is 0.700. The fourth-order valence-electron chi connectivity index (χ4n) is 1.78.